The van der Waals surface area contributed by atoms with E-state index in [0.29, 0.717) is 0 Å². The van der Waals surface area contributed by atoms with Gasteiger partial charge in [0.25, 0.3) is 0 Å². The van der Waals surface area contributed by atoms with Gasteiger partial charge in [-0.25, -0.2) is 0 Å². The molecule has 11 heavy (non-hydrogen) atoms. The summed E-state index contributed by atoms with van der Waals surface area (Å²) in [4.78, 5) is 6.69. The summed E-state index contributed by atoms with van der Waals surface area (Å²) in [6, 6.07) is 0. The molecule has 0 saturated heterocycles. The Bertz CT molecular complexity index is 226. The van der Waals surface area contributed by atoms with Gasteiger partial charge in [-0.15, -0.1) is 0 Å². The third kappa shape index (κ3) is 1.34. The second-order valence-electron chi connectivity index (χ2n) is 2.82. The SMILES string of the molecule is C1=CCC2=NCCCN2C=C1. The summed E-state index contributed by atoms with van der Waals surface area (Å²) in [6.07, 6.45) is 10.6. The van der Waals surface area contributed by atoms with Crippen LogP contribution < -0.4 is 0 Å². The molecule has 2 nitrogen and oxygen atoms in total. The highest BCUT2D eigenvalue weighted by molar-refractivity contribution is 5.85. The van der Waals surface area contributed by atoms with E-state index >= 15 is 0 Å². The molecule has 0 amide bonds. The zero-order chi connectivity index (χ0) is 7.52. The molecule has 0 aromatic rings. The maximum absolute atomic E-state index is 4.45. The van der Waals surface area contributed by atoms with Crippen LogP contribution in [-0.4, -0.2) is 23.8 Å². The summed E-state index contributed by atoms with van der Waals surface area (Å²) in [5.41, 5.74) is 0. The Labute approximate surface area is 66.9 Å². The van der Waals surface area contributed by atoms with Crippen LogP contribution in [0.5, 0.6) is 0 Å². The van der Waals surface area contributed by atoms with Gasteiger partial charge in [0.15, 0.2) is 0 Å². The molecule has 0 fully saturated rings. The summed E-state index contributed by atoms with van der Waals surface area (Å²) in [5, 5.41) is 0. The molecule has 0 aliphatic carbocycles. The van der Waals surface area contributed by atoms with Gasteiger partial charge in [0.2, 0.25) is 0 Å². The van der Waals surface area contributed by atoms with E-state index in [-0.39, 0.29) is 0 Å². The Kier molecular flexibility index (Phi) is 1.76. The van der Waals surface area contributed by atoms with Crippen LogP contribution >= 0.6 is 0 Å². The van der Waals surface area contributed by atoms with Crippen molar-refractivity contribution in [3.05, 3.63) is 24.4 Å². The molecule has 2 rings (SSSR count). The van der Waals surface area contributed by atoms with Gasteiger partial charge in [-0.3, -0.25) is 4.99 Å². The van der Waals surface area contributed by atoms with Crippen LogP contribution in [0, 0.1) is 0 Å². The van der Waals surface area contributed by atoms with Crippen LogP contribution in [0.15, 0.2) is 29.4 Å². The number of hydrogen-bond donors (Lipinski definition) is 0. The van der Waals surface area contributed by atoms with E-state index in [9.17, 15) is 0 Å². The van der Waals surface area contributed by atoms with Gasteiger partial charge < -0.3 is 4.90 Å². The lowest BCUT2D eigenvalue weighted by atomic mass is 10.3. The average molecular weight is 148 g/mol. The molecule has 58 valence electrons. The fraction of sp³-hybridized carbons (Fsp3) is 0.444. The zero-order valence-corrected chi connectivity index (χ0v) is 6.53. The number of amidine groups is 1. The molecule has 2 heterocycles. The van der Waals surface area contributed by atoms with Crippen molar-refractivity contribution in [2.75, 3.05) is 13.1 Å². The molecule has 0 atom stereocenters. The third-order valence-corrected chi connectivity index (χ3v) is 2.00. The molecule has 2 heteroatoms. The van der Waals surface area contributed by atoms with Gasteiger partial charge in [0.1, 0.15) is 5.84 Å². The minimum absolute atomic E-state index is 0.993. The molecule has 0 radical (unpaired) electrons. The summed E-state index contributed by atoms with van der Waals surface area (Å²) in [6.45, 7) is 2.14. The van der Waals surface area contributed by atoms with E-state index in [2.05, 4.69) is 34.3 Å². The fourth-order valence-corrected chi connectivity index (χ4v) is 1.42. The summed E-state index contributed by atoms with van der Waals surface area (Å²) < 4.78 is 0. The van der Waals surface area contributed by atoms with Crippen molar-refractivity contribution >= 4 is 5.84 Å². The van der Waals surface area contributed by atoms with Crippen molar-refractivity contribution in [3.8, 4) is 0 Å². The first kappa shape index (κ1) is 6.65. The van der Waals surface area contributed by atoms with E-state index < -0.39 is 0 Å². The van der Waals surface area contributed by atoms with Gasteiger partial charge in [-0.05, 0) is 12.5 Å². The van der Waals surface area contributed by atoms with Gasteiger partial charge in [-0.1, -0.05) is 12.2 Å². The predicted octanol–water partition coefficient (Wildman–Crippen LogP) is 1.56. The molecule has 0 unspecified atom stereocenters. The van der Waals surface area contributed by atoms with Crippen molar-refractivity contribution in [3.63, 3.8) is 0 Å². The third-order valence-electron chi connectivity index (χ3n) is 2.00. The summed E-state index contributed by atoms with van der Waals surface area (Å²) >= 11 is 0. The highest BCUT2D eigenvalue weighted by Crippen LogP contribution is 2.09. The van der Waals surface area contributed by atoms with E-state index in [1.165, 1.54) is 12.3 Å². The fourth-order valence-electron chi connectivity index (χ4n) is 1.42. The molecule has 0 aromatic heterocycles. The quantitative estimate of drug-likeness (QED) is 0.509. The Balaban J connectivity index is 2.22. The van der Waals surface area contributed by atoms with E-state index in [4.69, 9.17) is 0 Å². The smallest absolute Gasteiger partial charge is 0.107 e. The van der Waals surface area contributed by atoms with Gasteiger partial charge >= 0.3 is 0 Å². The van der Waals surface area contributed by atoms with Crippen molar-refractivity contribution in [2.24, 2.45) is 4.99 Å². The normalized spacial score (nSPS) is 22.5. The zero-order valence-electron chi connectivity index (χ0n) is 6.53. The molecular formula is C9H12N2. The summed E-state index contributed by atoms with van der Waals surface area (Å²) in [7, 11) is 0. The van der Waals surface area contributed by atoms with Crippen LogP contribution in [0.4, 0.5) is 0 Å². The Morgan fingerprint density at radius 1 is 1.36 bits per heavy atom. The highest BCUT2D eigenvalue weighted by Gasteiger charge is 2.11. The maximum Gasteiger partial charge on any atom is 0.107 e. The Morgan fingerprint density at radius 3 is 3.36 bits per heavy atom. The van der Waals surface area contributed by atoms with Gasteiger partial charge in [0.05, 0.1) is 0 Å². The lowest BCUT2D eigenvalue weighted by molar-refractivity contribution is 0.502. The number of hydrogen-bond acceptors (Lipinski definition) is 2. The van der Waals surface area contributed by atoms with Crippen molar-refractivity contribution in [2.45, 2.75) is 12.8 Å². The monoisotopic (exact) mass is 148 g/mol. The Hall–Kier alpha value is -1.05. The van der Waals surface area contributed by atoms with Crippen molar-refractivity contribution < 1.29 is 0 Å². The van der Waals surface area contributed by atoms with Crippen molar-refractivity contribution in [1.29, 1.82) is 0 Å². The lowest BCUT2D eigenvalue weighted by Crippen LogP contribution is -2.30. The van der Waals surface area contributed by atoms with Crippen LogP contribution in [0.3, 0.4) is 0 Å². The topological polar surface area (TPSA) is 15.6 Å². The van der Waals surface area contributed by atoms with E-state index in [1.807, 2.05) is 0 Å². The van der Waals surface area contributed by atoms with Crippen LogP contribution in [0.2, 0.25) is 0 Å². The Morgan fingerprint density at radius 2 is 2.36 bits per heavy atom. The average Bonchev–Trinajstić information content (AvgIpc) is 2.28. The van der Waals surface area contributed by atoms with Gasteiger partial charge in [0, 0.05) is 25.7 Å². The van der Waals surface area contributed by atoms with Gasteiger partial charge in [-0.2, -0.15) is 0 Å². The van der Waals surface area contributed by atoms with Crippen molar-refractivity contribution in [1.82, 2.24) is 4.90 Å². The minimum atomic E-state index is 0.993. The van der Waals surface area contributed by atoms with Crippen LogP contribution in [0.25, 0.3) is 0 Å². The second-order valence-corrected chi connectivity index (χ2v) is 2.82. The number of allylic oxidation sites excluding steroid dienone is 2. The molecule has 0 saturated carbocycles. The minimum Gasteiger partial charge on any atom is -0.336 e. The first-order valence-corrected chi connectivity index (χ1v) is 4.10. The molecule has 0 spiro atoms. The number of nitrogens with zero attached hydrogens (tertiary/aromatic N) is 2. The maximum atomic E-state index is 4.45. The standard InChI is InChI=1S/C9H12N2/c1-2-5-9-10-6-4-8-11(9)7-3-1/h1-3,7H,4-6,8H2. The number of fused-ring (bicyclic) bond motifs is 1. The number of aliphatic imine (C=N–C) groups is 1. The first-order valence-electron chi connectivity index (χ1n) is 4.10. The molecule has 0 bridgehead atoms. The van der Waals surface area contributed by atoms with E-state index in [0.717, 1.165) is 19.5 Å². The second kappa shape index (κ2) is 2.91. The highest BCUT2D eigenvalue weighted by atomic mass is 15.2. The molecule has 2 aliphatic rings. The lowest BCUT2D eigenvalue weighted by Gasteiger charge is -2.24. The van der Waals surface area contributed by atoms with Crippen LogP contribution in [0.1, 0.15) is 12.8 Å². The largest absolute Gasteiger partial charge is 0.336 e. The molecular weight excluding hydrogens is 136 g/mol. The summed E-state index contributed by atoms with van der Waals surface area (Å²) in [5.74, 6) is 1.22. The molecule has 0 aromatic carbocycles. The predicted molar refractivity (Wildman–Crippen MR) is 46.5 cm³/mol. The molecule has 0 N–H and O–H groups in total. The van der Waals surface area contributed by atoms with E-state index in [1.54, 1.807) is 0 Å². The molecule has 2 aliphatic heterocycles. The first-order chi connectivity index (χ1) is 5.47. The number of rotatable bonds is 0. The van der Waals surface area contributed by atoms with Crippen LogP contribution in [-0.2, 0) is 0 Å².